The van der Waals surface area contributed by atoms with Crippen LogP contribution in [-0.2, 0) is 6.42 Å². The molecule has 14 heavy (non-hydrogen) atoms. The summed E-state index contributed by atoms with van der Waals surface area (Å²) in [5, 5.41) is 17.5. The van der Waals surface area contributed by atoms with Gasteiger partial charge in [-0.3, -0.25) is 0 Å². The molecule has 70 valence electrons. The highest BCUT2D eigenvalue weighted by Crippen LogP contribution is 2.20. The van der Waals surface area contributed by atoms with E-state index in [1.54, 1.807) is 6.07 Å². The van der Waals surface area contributed by atoms with Crippen LogP contribution in [0, 0.1) is 22.7 Å². The highest BCUT2D eigenvalue weighted by atomic mass is 14.3. The molecule has 0 atom stereocenters. The van der Waals surface area contributed by atoms with Crippen LogP contribution in [0.2, 0.25) is 0 Å². The summed E-state index contributed by atoms with van der Waals surface area (Å²) in [6, 6.07) is 9.90. The maximum atomic E-state index is 8.93. The van der Waals surface area contributed by atoms with E-state index in [2.05, 4.69) is 26.0 Å². The summed E-state index contributed by atoms with van der Waals surface area (Å²) in [7, 11) is 0. The second kappa shape index (κ2) is 4.44. The van der Waals surface area contributed by atoms with Crippen molar-refractivity contribution in [2.24, 2.45) is 0 Å². The topological polar surface area (TPSA) is 47.6 Å². The van der Waals surface area contributed by atoms with Gasteiger partial charge in [-0.25, -0.2) is 0 Å². The highest BCUT2D eigenvalue weighted by Gasteiger charge is 2.06. The van der Waals surface area contributed by atoms with E-state index < -0.39 is 0 Å². The van der Waals surface area contributed by atoms with Gasteiger partial charge in [0.05, 0.1) is 24.1 Å². The van der Waals surface area contributed by atoms with Crippen molar-refractivity contribution in [1.82, 2.24) is 0 Å². The van der Waals surface area contributed by atoms with E-state index in [4.69, 9.17) is 10.5 Å². The molecule has 0 fully saturated rings. The lowest BCUT2D eigenvalue weighted by atomic mass is 9.95. The highest BCUT2D eigenvalue weighted by molar-refractivity contribution is 5.42. The van der Waals surface area contributed by atoms with Crippen molar-refractivity contribution in [1.29, 1.82) is 10.5 Å². The zero-order valence-electron chi connectivity index (χ0n) is 8.41. The minimum absolute atomic E-state index is 0.348. The molecule has 0 saturated carbocycles. The van der Waals surface area contributed by atoms with Crippen LogP contribution >= 0.6 is 0 Å². The van der Waals surface area contributed by atoms with Gasteiger partial charge in [-0.05, 0) is 23.1 Å². The Morgan fingerprint density at radius 3 is 2.50 bits per heavy atom. The van der Waals surface area contributed by atoms with Crippen LogP contribution in [0.1, 0.15) is 36.5 Å². The number of hydrogen-bond donors (Lipinski definition) is 0. The fourth-order valence-corrected chi connectivity index (χ4v) is 1.40. The molecule has 1 aromatic carbocycles. The second-order valence-corrected chi connectivity index (χ2v) is 3.52. The van der Waals surface area contributed by atoms with Crippen molar-refractivity contribution in [3.05, 3.63) is 34.9 Å². The van der Waals surface area contributed by atoms with Gasteiger partial charge >= 0.3 is 0 Å². The van der Waals surface area contributed by atoms with Crippen LogP contribution in [0.3, 0.4) is 0 Å². The first-order valence-electron chi connectivity index (χ1n) is 4.59. The Morgan fingerprint density at radius 2 is 2.00 bits per heavy atom. The first-order chi connectivity index (χ1) is 6.69. The molecular formula is C12H12N2. The second-order valence-electron chi connectivity index (χ2n) is 3.52. The minimum Gasteiger partial charge on any atom is -0.198 e. The fraction of sp³-hybridized carbons (Fsp3) is 0.333. The molecule has 2 nitrogen and oxygen atoms in total. The molecule has 0 unspecified atom stereocenters. The molecule has 0 aromatic heterocycles. The first-order valence-corrected chi connectivity index (χ1v) is 4.59. The molecule has 2 heteroatoms. The SMILES string of the molecule is CC(C)c1ccc(CC#N)cc1C#N. The van der Waals surface area contributed by atoms with Crippen molar-refractivity contribution in [2.75, 3.05) is 0 Å². The van der Waals surface area contributed by atoms with Gasteiger partial charge < -0.3 is 0 Å². The Labute approximate surface area is 84.4 Å². The molecule has 1 aromatic rings. The number of benzene rings is 1. The quantitative estimate of drug-likeness (QED) is 0.709. The lowest BCUT2D eigenvalue weighted by Crippen LogP contribution is -1.94. The maximum Gasteiger partial charge on any atom is 0.0994 e. The third-order valence-electron chi connectivity index (χ3n) is 2.14. The van der Waals surface area contributed by atoms with Crippen molar-refractivity contribution >= 4 is 0 Å². The van der Waals surface area contributed by atoms with Crippen LogP contribution in [0.5, 0.6) is 0 Å². The van der Waals surface area contributed by atoms with E-state index in [0.29, 0.717) is 17.9 Å². The molecule has 0 heterocycles. The molecule has 0 aliphatic rings. The van der Waals surface area contributed by atoms with E-state index in [9.17, 15) is 0 Å². The first kappa shape index (κ1) is 10.3. The summed E-state index contributed by atoms with van der Waals surface area (Å²) < 4.78 is 0. The Morgan fingerprint density at radius 1 is 1.29 bits per heavy atom. The van der Waals surface area contributed by atoms with Crippen molar-refractivity contribution in [3.8, 4) is 12.1 Å². The van der Waals surface area contributed by atoms with Gasteiger partial charge in [0.25, 0.3) is 0 Å². The van der Waals surface area contributed by atoms with E-state index in [1.807, 2.05) is 12.1 Å². The summed E-state index contributed by atoms with van der Waals surface area (Å²) in [6.45, 7) is 4.11. The van der Waals surface area contributed by atoms with Gasteiger partial charge in [-0.2, -0.15) is 10.5 Å². The number of nitriles is 2. The predicted molar refractivity (Wildman–Crippen MR) is 54.6 cm³/mol. The van der Waals surface area contributed by atoms with Crippen LogP contribution in [0.4, 0.5) is 0 Å². The van der Waals surface area contributed by atoms with E-state index >= 15 is 0 Å². The maximum absolute atomic E-state index is 8.93. The summed E-state index contributed by atoms with van der Waals surface area (Å²) in [4.78, 5) is 0. The summed E-state index contributed by atoms with van der Waals surface area (Å²) >= 11 is 0. The Balaban J connectivity index is 3.15. The standard InChI is InChI=1S/C12H12N2/c1-9(2)12-4-3-10(5-6-13)7-11(12)8-14/h3-4,7,9H,5H2,1-2H3. The molecule has 0 bridgehead atoms. The molecule has 0 saturated heterocycles. The molecule has 0 N–H and O–H groups in total. The number of hydrogen-bond acceptors (Lipinski definition) is 2. The molecule has 0 aliphatic carbocycles. The van der Waals surface area contributed by atoms with Crippen molar-refractivity contribution in [2.45, 2.75) is 26.2 Å². The van der Waals surface area contributed by atoms with Crippen LogP contribution in [0.25, 0.3) is 0 Å². The summed E-state index contributed by atoms with van der Waals surface area (Å²) in [6.07, 6.45) is 0.368. The van der Waals surface area contributed by atoms with E-state index in [0.717, 1.165) is 11.1 Å². The largest absolute Gasteiger partial charge is 0.198 e. The number of nitrogens with zero attached hydrogens (tertiary/aromatic N) is 2. The third kappa shape index (κ3) is 2.12. The van der Waals surface area contributed by atoms with Gasteiger partial charge in [-0.1, -0.05) is 26.0 Å². The lowest BCUT2D eigenvalue weighted by Gasteiger charge is -2.08. The number of rotatable bonds is 2. The smallest absolute Gasteiger partial charge is 0.0994 e. The lowest BCUT2D eigenvalue weighted by molar-refractivity contribution is 0.861. The summed E-state index contributed by atoms with van der Waals surface area (Å²) in [5.74, 6) is 0.348. The molecular weight excluding hydrogens is 172 g/mol. The zero-order chi connectivity index (χ0) is 10.6. The Bertz CT molecular complexity index is 405. The van der Waals surface area contributed by atoms with Crippen LogP contribution in [0.15, 0.2) is 18.2 Å². The normalized spacial score (nSPS) is 9.50. The molecule has 0 spiro atoms. The molecule has 1 rings (SSSR count). The third-order valence-corrected chi connectivity index (χ3v) is 2.14. The van der Waals surface area contributed by atoms with Crippen molar-refractivity contribution < 1.29 is 0 Å². The van der Waals surface area contributed by atoms with Gasteiger partial charge in [0, 0.05) is 0 Å². The molecule has 0 amide bonds. The van der Waals surface area contributed by atoms with E-state index in [-0.39, 0.29) is 0 Å². The van der Waals surface area contributed by atoms with Gasteiger partial charge in [0.15, 0.2) is 0 Å². The minimum atomic E-state index is 0.348. The van der Waals surface area contributed by atoms with Gasteiger partial charge in [0.1, 0.15) is 0 Å². The zero-order valence-corrected chi connectivity index (χ0v) is 8.41. The Hall–Kier alpha value is -1.80. The van der Waals surface area contributed by atoms with Gasteiger partial charge in [0.2, 0.25) is 0 Å². The molecule has 0 aliphatic heterocycles. The van der Waals surface area contributed by atoms with Gasteiger partial charge in [-0.15, -0.1) is 0 Å². The Kier molecular flexibility index (Phi) is 3.26. The van der Waals surface area contributed by atoms with Crippen LogP contribution < -0.4 is 0 Å². The van der Waals surface area contributed by atoms with Crippen molar-refractivity contribution in [3.63, 3.8) is 0 Å². The molecule has 0 radical (unpaired) electrons. The van der Waals surface area contributed by atoms with E-state index in [1.165, 1.54) is 0 Å². The predicted octanol–water partition coefficient (Wildman–Crippen LogP) is 2.75. The average molecular weight is 184 g/mol. The average Bonchev–Trinajstić information content (AvgIpc) is 2.17. The summed E-state index contributed by atoms with van der Waals surface area (Å²) in [5.41, 5.74) is 2.65. The monoisotopic (exact) mass is 184 g/mol. The fourth-order valence-electron chi connectivity index (χ4n) is 1.40. The van der Waals surface area contributed by atoms with Crippen LogP contribution in [-0.4, -0.2) is 0 Å².